The van der Waals surface area contributed by atoms with Crippen LogP contribution in [0.1, 0.15) is 43.5 Å². The number of halogens is 1. The molecule has 2 rings (SSSR count). The number of benzene rings is 2. The van der Waals surface area contributed by atoms with E-state index in [1.165, 1.54) is 6.92 Å². The second-order valence-electron chi connectivity index (χ2n) is 5.71. The molecular formula is C19H21BrN2O2. The molecule has 0 spiro atoms. The Morgan fingerprint density at radius 3 is 2.17 bits per heavy atom. The zero-order valence-electron chi connectivity index (χ0n) is 13.8. The molecule has 2 N–H and O–H groups in total. The topological polar surface area (TPSA) is 58.2 Å². The molecule has 2 atom stereocenters. The molecule has 0 heterocycles. The summed E-state index contributed by atoms with van der Waals surface area (Å²) in [5.74, 6) is -0.259. The van der Waals surface area contributed by atoms with Gasteiger partial charge in [-0.2, -0.15) is 0 Å². The number of nitrogens with one attached hydrogen (secondary N) is 2. The van der Waals surface area contributed by atoms with Gasteiger partial charge in [-0.3, -0.25) is 9.59 Å². The quantitative estimate of drug-likeness (QED) is 0.788. The minimum Gasteiger partial charge on any atom is -0.350 e. The molecule has 126 valence electrons. The summed E-state index contributed by atoms with van der Waals surface area (Å²) in [4.78, 5) is 23.8. The lowest BCUT2D eigenvalue weighted by molar-refractivity contribution is -0.123. The van der Waals surface area contributed by atoms with Crippen LogP contribution in [0.4, 0.5) is 0 Å². The van der Waals surface area contributed by atoms with E-state index in [1.807, 2.05) is 61.5 Å². The molecule has 0 aliphatic heterocycles. The Labute approximate surface area is 150 Å². The maximum absolute atomic E-state index is 12.4. The standard InChI is InChI=1S/C19H21BrN2O2/c1-13(15-8-10-17(20)11-9-15)21-19(24)12-18(22-14(2)23)16-6-4-3-5-7-16/h3-11,13,18H,12H2,1-2H3,(H,21,24)(H,22,23)/t13-,18+/m0/s1. The molecule has 4 nitrogen and oxygen atoms in total. The van der Waals surface area contributed by atoms with Crippen LogP contribution in [0.2, 0.25) is 0 Å². The maximum atomic E-state index is 12.4. The Kier molecular flexibility index (Phi) is 6.55. The summed E-state index contributed by atoms with van der Waals surface area (Å²) >= 11 is 3.40. The van der Waals surface area contributed by atoms with Gasteiger partial charge in [0.2, 0.25) is 11.8 Å². The van der Waals surface area contributed by atoms with Gasteiger partial charge in [0.1, 0.15) is 0 Å². The Balaban J connectivity index is 2.02. The summed E-state index contributed by atoms with van der Waals surface area (Å²) in [6.07, 6.45) is 0.199. The van der Waals surface area contributed by atoms with Crippen LogP contribution >= 0.6 is 15.9 Å². The van der Waals surface area contributed by atoms with Gasteiger partial charge in [0.05, 0.1) is 18.5 Å². The van der Waals surface area contributed by atoms with Gasteiger partial charge in [-0.1, -0.05) is 58.4 Å². The molecule has 0 saturated heterocycles. The number of amides is 2. The van der Waals surface area contributed by atoms with Crippen LogP contribution in [0.3, 0.4) is 0 Å². The van der Waals surface area contributed by atoms with Crippen molar-refractivity contribution < 1.29 is 9.59 Å². The average molecular weight is 389 g/mol. The summed E-state index contributed by atoms with van der Waals surface area (Å²) in [5, 5.41) is 5.83. The first-order valence-corrected chi connectivity index (χ1v) is 8.62. The maximum Gasteiger partial charge on any atom is 0.222 e. The van der Waals surface area contributed by atoms with E-state index in [-0.39, 0.29) is 30.3 Å². The molecule has 0 aliphatic carbocycles. The van der Waals surface area contributed by atoms with E-state index in [2.05, 4.69) is 26.6 Å². The van der Waals surface area contributed by atoms with Crippen LogP contribution in [-0.4, -0.2) is 11.8 Å². The van der Waals surface area contributed by atoms with E-state index >= 15 is 0 Å². The second kappa shape index (κ2) is 8.64. The molecule has 2 aromatic rings. The van der Waals surface area contributed by atoms with E-state index in [0.717, 1.165) is 15.6 Å². The lowest BCUT2D eigenvalue weighted by atomic mass is 10.0. The van der Waals surface area contributed by atoms with Crippen molar-refractivity contribution in [2.24, 2.45) is 0 Å². The van der Waals surface area contributed by atoms with Gasteiger partial charge in [0, 0.05) is 11.4 Å². The summed E-state index contributed by atoms with van der Waals surface area (Å²) in [5.41, 5.74) is 1.95. The van der Waals surface area contributed by atoms with Crippen molar-refractivity contribution in [3.8, 4) is 0 Å². The van der Waals surface area contributed by atoms with Crippen LogP contribution in [0.5, 0.6) is 0 Å². The van der Waals surface area contributed by atoms with E-state index in [1.54, 1.807) is 0 Å². The number of rotatable bonds is 6. The molecule has 0 saturated carbocycles. The monoisotopic (exact) mass is 388 g/mol. The van der Waals surface area contributed by atoms with Crippen molar-refractivity contribution in [3.63, 3.8) is 0 Å². The highest BCUT2D eigenvalue weighted by Crippen LogP contribution is 2.19. The van der Waals surface area contributed by atoms with Crippen LogP contribution in [0.25, 0.3) is 0 Å². The molecule has 24 heavy (non-hydrogen) atoms. The molecule has 0 bridgehead atoms. The molecule has 0 aliphatic rings. The van der Waals surface area contributed by atoms with Gasteiger partial charge < -0.3 is 10.6 Å². The van der Waals surface area contributed by atoms with Crippen molar-refractivity contribution >= 4 is 27.7 Å². The molecule has 5 heteroatoms. The van der Waals surface area contributed by atoms with Gasteiger partial charge >= 0.3 is 0 Å². The summed E-state index contributed by atoms with van der Waals surface area (Å²) in [7, 11) is 0. The number of hydrogen-bond donors (Lipinski definition) is 2. The average Bonchev–Trinajstić information content (AvgIpc) is 2.55. The van der Waals surface area contributed by atoms with Crippen molar-refractivity contribution in [1.29, 1.82) is 0 Å². The van der Waals surface area contributed by atoms with E-state index in [0.29, 0.717) is 0 Å². The highest BCUT2D eigenvalue weighted by molar-refractivity contribution is 9.10. The molecular weight excluding hydrogens is 368 g/mol. The molecule has 0 aromatic heterocycles. The highest BCUT2D eigenvalue weighted by Gasteiger charge is 2.18. The molecule has 2 amide bonds. The van der Waals surface area contributed by atoms with Gasteiger partial charge in [0.25, 0.3) is 0 Å². The molecule has 0 unspecified atom stereocenters. The lowest BCUT2D eigenvalue weighted by Crippen LogP contribution is -2.33. The Morgan fingerprint density at radius 1 is 0.958 bits per heavy atom. The van der Waals surface area contributed by atoms with Crippen LogP contribution in [0.15, 0.2) is 59.1 Å². The van der Waals surface area contributed by atoms with Crippen LogP contribution < -0.4 is 10.6 Å². The first-order valence-electron chi connectivity index (χ1n) is 7.82. The Hall–Kier alpha value is -2.14. The zero-order chi connectivity index (χ0) is 17.5. The molecule has 2 aromatic carbocycles. The predicted molar refractivity (Wildman–Crippen MR) is 98.3 cm³/mol. The lowest BCUT2D eigenvalue weighted by Gasteiger charge is -2.20. The van der Waals surface area contributed by atoms with Crippen LogP contribution in [-0.2, 0) is 9.59 Å². The van der Waals surface area contributed by atoms with Crippen LogP contribution in [0, 0.1) is 0 Å². The number of hydrogen-bond acceptors (Lipinski definition) is 2. The van der Waals surface area contributed by atoms with Crippen molar-refractivity contribution in [1.82, 2.24) is 10.6 Å². The fourth-order valence-corrected chi connectivity index (χ4v) is 2.77. The van der Waals surface area contributed by atoms with E-state index in [9.17, 15) is 9.59 Å². The van der Waals surface area contributed by atoms with Gasteiger partial charge in [-0.15, -0.1) is 0 Å². The van der Waals surface area contributed by atoms with Crippen molar-refractivity contribution in [2.45, 2.75) is 32.4 Å². The summed E-state index contributed by atoms with van der Waals surface area (Å²) in [6, 6.07) is 16.9. The zero-order valence-corrected chi connectivity index (χ0v) is 15.3. The van der Waals surface area contributed by atoms with E-state index < -0.39 is 0 Å². The Morgan fingerprint density at radius 2 is 1.58 bits per heavy atom. The Bertz CT molecular complexity index is 686. The van der Waals surface area contributed by atoms with Gasteiger partial charge in [0.15, 0.2) is 0 Å². The second-order valence-corrected chi connectivity index (χ2v) is 6.62. The summed E-state index contributed by atoms with van der Waals surface area (Å²) < 4.78 is 1.000. The number of carbonyl (C=O) groups excluding carboxylic acids is 2. The largest absolute Gasteiger partial charge is 0.350 e. The summed E-state index contributed by atoms with van der Waals surface area (Å²) in [6.45, 7) is 3.40. The third-order valence-electron chi connectivity index (χ3n) is 3.72. The first-order chi connectivity index (χ1) is 11.5. The normalized spacial score (nSPS) is 13.0. The highest BCUT2D eigenvalue weighted by atomic mass is 79.9. The van der Waals surface area contributed by atoms with Crippen molar-refractivity contribution in [3.05, 3.63) is 70.2 Å². The fourth-order valence-electron chi connectivity index (χ4n) is 2.50. The smallest absolute Gasteiger partial charge is 0.222 e. The minimum atomic E-state index is -0.333. The van der Waals surface area contributed by atoms with Gasteiger partial charge in [-0.25, -0.2) is 0 Å². The third-order valence-corrected chi connectivity index (χ3v) is 4.25. The first kappa shape index (κ1) is 18.2. The van der Waals surface area contributed by atoms with Crippen molar-refractivity contribution in [2.75, 3.05) is 0 Å². The minimum absolute atomic E-state index is 0.0978. The fraction of sp³-hybridized carbons (Fsp3) is 0.263. The van der Waals surface area contributed by atoms with Gasteiger partial charge in [-0.05, 0) is 30.2 Å². The number of carbonyl (C=O) groups is 2. The van der Waals surface area contributed by atoms with E-state index in [4.69, 9.17) is 0 Å². The molecule has 0 radical (unpaired) electrons. The third kappa shape index (κ3) is 5.49. The molecule has 0 fully saturated rings. The SMILES string of the molecule is CC(=O)N[C@H](CC(=O)N[C@@H](C)c1ccc(Br)cc1)c1ccccc1. The predicted octanol–water partition coefficient (Wildman–Crippen LogP) is 3.89.